The van der Waals surface area contributed by atoms with Crippen molar-refractivity contribution in [1.29, 1.82) is 0 Å². The Morgan fingerprint density at radius 3 is 2.67 bits per heavy atom. The molecular weight excluding hydrogens is 390 g/mol. The number of aromatic nitrogens is 4. The molecule has 1 atom stereocenters. The van der Waals surface area contributed by atoms with Crippen molar-refractivity contribution in [2.75, 3.05) is 25.5 Å². The van der Waals surface area contributed by atoms with Crippen LogP contribution in [0.1, 0.15) is 31.7 Å². The number of hydrogen-bond donors (Lipinski definition) is 2. The Balaban J connectivity index is 1.29. The molecule has 2 fully saturated rings. The van der Waals surface area contributed by atoms with Gasteiger partial charge in [0.15, 0.2) is 5.82 Å². The average molecular weight is 413 g/mol. The van der Waals surface area contributed by atoms with Crippen LogP contribution in [0.4, 0.5) is 10.5 Å². The van der Waals surface area contributed by atoms with E-state index < -0.39 is 12.1 Å². The van der Waals surface area contributed by atoms with Crippen molar-refractivity contribution < 1.29 is 19.1 Å². The molecule has 0 bridgehead atoms. The van der Waals surface area contributed by atoms with Gasteiger partial charge in [0.05, 0.1) is 19.6 Å². The summed E-state index contributed by atoms with van der Waals surface area (Å²) in [6, 6.07) is 6.52. The number of amides is 3. The fourth-order valence-electron chi connectivity index (χ4n) is 3.40. The van der Waals surface area contributed by atoms with Crippen molar-refractivity contribution in [2.45, 2.75) is 37.8 Å². The zero-order valence-corrected chi connectivity index (χ0v) is 16.6. The third kappa shape index (κ3) is 4.39. The molecule has 158 valence electrons. The molecule has 1 aromatic carbocycles. The molecule has 4 rings (SSSR count). The molecule has 11 nitrogen and oxygen atoms in total. The molecule has 2 aromatic rings. The Labute approximate surface area is 172 Å². The molecule has 1 aliphatic heterocycles. The van der Waals surface area contributed by atoms with Gasteiger partial charge in [0.2, 0.25) is 5.91 Å². The number of tetrazole rings is 1. The molecule has 0 spiro atoms. The van der Waals surface area contributed by atoms with E-state index in [9.17, 15) is 14.4 Å². The highest BCUT2D eigenvalue weighted by Gasteiger charge is 2.33. The fraction of sp³-hybridized carbons (Fsp3) is 0.474. The number of ether oxygens (including phenoxy) is 1. The first-order chi connectivity index (χ1) is 14.5. The van der Waals surface area contributed by atoms with Gasteiger partial charge in [-0.25, -0.2) is 9.48 Å². The molecule has 2 N–H and O–H groups in total. The Hall–Kier alpha value is -3.50. The van der Waals surface area contributed by atoms with Crippen LogP contribution in [0.3, 0.4) is 0 Å². The number of rotatable bonds is 7. The topological polar surface area (TPSA) is 131 Å². The number of carbonyl (C=O) groups is 3. The van der Waals surface area contributed by atoms with Gasteiger partial charge in [-0.15, -0.1) is 5.10 Å². The zero-order valence-electron chi connectivity index (χ0n) is 16.6. The molecule has 1 saturated carbocycles. The van der Waals surface area contributed by atoms with Gasteiger partial charge in [-0.2, -0.15) is 0 Å². The van der Waals surface area contributed by atoms with E-state index in [-0.39, 0.29) is 24.8 Å². The van der Waals surface area contributed by atoms with Crippen molar-refractivity contribution in [1.82, 2.24) is 30.4 Å². The van der Waals surface area contributed by atoms with E-state index in [4.69, 9.17) is 0 Å². The van der Waals surface area contributed by atoms with Crippen molar-refractivity contribution in [3.63, 3.8) is 0 Å². The van der Waals surface area contributed by atoms with E-state index in [1.54, 1.807) is 17.0 Å². The third-order valence-corrected chi connectivity index (χ3v) is 5.20. The minimum atomic E-state index is -0.606. The molecule has 1 saturated heterocycles. The number of hydrogen-bond acceptors (Lipinski definition) is 7. The standard InChI is InChI=1S/C19H23N7O4/c1-30-16(27)9-11-25-10-8-15(18(25)28)21-19(29)20-13-4-2-12(3-5-13)17-22-23-24-26(17)14-6-7-14/h2-5,14-15H,6-11H2,1H3,(H2,20,21,29). The van der Waals surface area contributed by atoms with Crippen molar-refractivity contribution >= 4 is 23.6 Å². The average Bonchev–Trinajstić information content (AvgIpc) is 3.38. The van der Waals surface area contributed by atoms with Crippen LogP contribution in [0.2, 0.25) is 0 Å². The monoisotopic (exact) mass is 413 g/mol. The normalized spacial score (nSPS) is 18.4. The Morgan fingerprint density at radius 1 is 1.20 bits per heavy atom. The van der Waals surface area contributed by atoms with Gasteiger partial charge in [0.1, 0.15) is 6.04 Å². The fourth-order valence-corrected chi connectivity index (χ4v) is 3.40. The largest absolute Gasteiger partial charge is 0.469 e. The highest BCUT2D eigenvalue weighted by molar-refractivity contribution is 5.94. The zero-order chi connectivity index (χ0) is 21.1. The number of likely N-dealkylation sites (tertiary alicyclic amines) is 1. The van der Waals surface area contributed by atoms with Crippen LogP contribution in [0.5, 0.6) is 0 Å². The quantitative estimate of drug-likeness (QED) is 0.646. The molecule has 3 amide bonds. The van der Waals surface area contributed by atoms with Gasteiger partial charge in [0, 0.05) is 24.3 Å². The van der Waals surface area contributed by atoms with Gasteiger partial charge >= 0.3 is 12.0 Å². The Morgan fingerprint density at radius 2 is 1.97 bits per heavy atom. The third-order valence-electron chi connectivity index (χ3n) is 5.20. The number of nitrogens with one attached hydrogen (secondary N) is 2. The predicted octanol–water partition coefficient (Wildman–Crippen LogP) is 0.960. The van der Waals surface area contributed by atoms with Gasteiger partial charge in [0.25, 0.3) is 0 Å². The maximum Gasteiger partial charge on any atom is 0.319 e. The highest BCUT2D eigenvalue weighted by atomic mass is 16.5. The minimum absolute atomic E-state index is 0.136. The first kappa shape index (κ1) is 19.8. The van der Waals surface area contributed by atoms with Crippen molar-refractivity contribution in [3.05, 3.63) is 24.3 Å². The van der Waals surface area contributed by atoms with Gasteiger partial charge < -0.3 is 20.3 Å². The van der Waals surface area contributed by atoms with Crippen LogP contribution < -0.4 is 10.6 Å². The van der Waals surface area contributed by atoms with E-state index in [1.165, 1.54) is 7.11 Å². The predicted molar refractivity (Wildman–Crippen MR) is 105 cm³/mol. The number of esters is 1. The van der Waals surface area contributed by atoms with Crippen LogP contribution in [0, 0.1) is 0 Å². The molecule has 0 radical (unpaired) electrons. The summed E-state index contributed by atoms with van der Waals surface area (Å²) in [6.07, 6.45) is 2.80. The maximum atomic E-state index is 12.4. The number of carbonyl (C=O) groups excluding carboxylic acids is 3. The molecule has 2 aliphatic rings. The summed E-state index contributed by atoms with van der Waals surface area (Å²) in [5.41, 5.74) is 1.46. The van der Waals surface area contributed by atoms with E-state index in [0.717, 1.165) is 18.4 Å². The van der Waals surface area contributed by atoms with E-state index in [0.29, 0.717) is 30.5 Å². The SMILES string of the molecule is COC(=O)CCN1CCC(NC(=O)Nc2ccc(-c3nnnn3C3CC3)cc2)C1=O. The number of urea groups is 1. The van der Waals surface area contributed by atoms with Crippen LogP contribution >= 0.6 is 0 Å². The summed E-state index contributed by atoms with van der Waals surface area (Å²) in [5.74, 6) is 0.139. The van der Waals surface area contributed by atoms with E-state index in [1.807, 2.05) is 16.8 Å². The van der Waals surface area contributed by atoms with Crippen LogP contribution in [0.15, 0.2) is 24.3 Å². The molecule has 11 heteroatoms. The highest BCUT2D eigenvalue weighted by Crippen LogP contribution is 2.36. The summed E-state index contributed by atoms with van der Waals surface area (Å²) < 4.78 is 6.41. The minimum Gasteiger partial charge on any atom is -0.469 e. The second-order valence-electron chi connectivity index (χ2n) is 7.35. The summed E-state index contributed by atoms with van der Waals surface area (Å²) >= 11 is 0. The van der Waals surface area contributed by atoms with Crippen LogP contribution in [-0.4, -0.2) is 69.3 Å². The second-order valence-corrected chi connectivity index (χ2v) is 7.35. The van der Waals surface area contributed by atoms with Gasteiger partial charge in [-0.1, -0.05) is 0 Å². The smallest absolute Gasteiger partial charge is 0.319 e. The van der Waals surface area contributed by atoms with E-state index in [2.05, 4.69) is 30.9 Å². The van der Waals surface area contributed by atoms with E-state index >= 15 is 0 Å². The second kappa shape index (κ2) is 8.47. The lowest BCUT2D eigenvalue weighted by molar-refractivity contribution is -0.141. The lowest BCUT2D eigenvalue weighted by Crippen LogP contribution is -2.43. The molecule has 1 aromatic heterocycles. The number of benzene rings is 1. The molecule has 30 heavy (non-hydrogen) atoms. The first-order valence-corrected chi connectivity index (χ1v) is 9.86. The molecular formula is C19H23N7O4. The lowest BCUT2D eigenvalue weighted by Gasteiger charge is -2.16. The van der Waals surface area contributed by atoms with Crippen LogP contribution in [0.25, 0.3) is 11.4 Å². The summed E-state index contributed by atoms with van der Waals surface area (Å²) in [5, 5.41) is 17.3. The summed E-state index contributed by atoms with van der Waals surface area (Å²) in [6.45, 7) is 0.776. The first-order valence-electron chi connectivity index (χ1n) is 9.86. The summed E-state index contributed by atoms with van der Waals surface area (Å²) in [7, 11) is 1.31. The van der Waals surface area contributed by atoms with Crippen molar-refractivity contribution in [2.24, 2.45) is 0 Å². The maximum absolute atomic E-state index is 12.4. The molecule has 1 unspecified atom stereocenters. The number of nitrogens with zero attached hydrogens (tertiary/aromatic N) is 5. The van der Waals surface area contributed by atoms with Gasteiger partial charge in [-0.05, 0) is 54.0 Å². The lowest BCUT2D eigenvalue weighted by atomic mass is 10.2. The summed E-state index contributed by atoms with van der Waals surface area (Å²) in [4.78, 5) is 37.5. The number of methoxy groups -OCH3 is 1. The Bertz CT molecular complexity index is 939. The van der Waals surface area contributed by atoms with Crippen molar-refractivity contribution in [3.8, 4) is 11.4 Å². The van der Waals surface area contributed by atoms with Gasteiger partial charge in [-0.3, -0.25) is 9.59 Å². The molecule has 1 aliphatic carbocycles. The van der Waals surface area contributed by atoms with Crippen LogP contribution in [-0.2, 0) is 14.3 Å². The Kier molecular flexibility index (Phi) is 5.59. The number of anilines is 1. The molecule has 2 heterocycles.